The zero-order valence-corrected chi connectivity index (χ0v) is 17.1. The van der Waals surface area contributed by atoms with Gasteiger partial charge in [0.05, 0.1) is 12.6 Å². The van der Waals surface area contributed by atoms with Crippen LogP contribution >= 0.6 is 40.7 Å². The Morgan fingerprint density at radius 2 is 1.83 bits per heavy atom. The highest BCUT2D eigenvalue weighted by Crippen LogP contribution is 2.26. The standard InChI is InChI=1S/C17H23BrN2O2.2ClH/c1-12-9-14(3-5-16(12)18)17-6-4-15(22-17)11-20-8-7-19-10-13(2)21;;/h3-6,9,13,19-21H,7-8,10-11H2,1-2H3;2*1H. The number of hydrogen-bond acceptors (Lipinski definition) is 4. The van der Waals surface area contributed by atoms with Crippen molar-refractivity contribution in [1.29, 1.82) is 0 Å². The number of aryl methyl sites for hydroxylation is 1. The fourth-order valence-electron chi connectivity index (χ4n) is 2.13. The number of aliphatic hydroxyl groups is 1. The highest BCUT2D eigenvalue weighted by molar-refractivity contribution is 9.10. The number of benzene rings is 1. The number of rotatable bonds is 8. The van der Waals surface area contributed by atoms with Crippen LogP contribution in [0.4, 0.5) is 0 Å². The summed E-state index contributed by atoms with van der Waals surface area (Å²) in [4.78, 5) is 0. The zero-order chi connectivity index (χ0) is 15.9. The van der Waals surface area contributed by atoms with Crippen LogP contribution in [0.5, 0.6) is 0 Å². The maximum Gasteiger partial charge on any atom is 0.134 e. The van der Waals surface area contributed by atoms with Gasteiger partial charge in [0.25, 0.3) is 0 Å². The summed E-state index contributed by atoms with van der Waals surface area (Å²) in [6.45, 7) is 6.82. The Morgan fingerprint density at radius 1 is 1.12 bits per heavy atom. The van der Waals surface area contributed by atoms with Crippen LogP contribution in [0.3, 0.4) is 0 Å². The average Bonchev–Trinajstić information content (AvgIpc) is 2.94. The second kappa shape index (κ2) is 11.9. The van der Waals surface area contributed by atoms with Gasteiger partial charge in [0.1, 0.15) is 11.5 Å². The summed E-state index contributed by atoms with van der Waals surface area (Å²) in [7, 11) is 0. The molecule has 0 saturated heterocycles. The molecular formula is C17H25BrCl2N2O2. The Bertz CT molecular complexity index is 606. The molecule has 1 aromatic heterocycles. The largest absolute Gasteiger partial charge is 0.460 e. The summed E-state index contributed by atoms with van der Waals surface area (Å²) >= 11 is 3.51. The molecule has 0 aliphatic rings. The van der Waals surface area contributed by atoms with Gasteiger partial charge in [0.2, 0.25) is 0 Å². The molecule has 1 unspecified atom stereocenters. The molecule has 2 aromatic rings. The summed E-state index contributed by atoms with van der Waals surface area (Å²) in [5.74, 6) is 1.81. The quantitative estimate of drug-likeness (QED) is 0.545. The van der Waals surface area contributed by atoms with Crippen molar-refractivity contribution in [3.8, 4) is 11.3 Å². The summed E-state index contributed by atoms with van der Waals surface area (Å²) in [5.41, 5.74) is 2.28. The first-order valence-electron chi connectivity index (χ1n) is 7.51. The van der Waals surface area contributed by atoms with E-state index in [0.717, 1.165) is 34.6 Å². The lowest BCUT2D eigenvalue weighted by Crippen LogP contribution is -2.31. The SMILES string of the molecule is Cc1cc(-c2ccc(CNCCNCC(C)O)o2)ccc1Br.Cl.Cl. The predicted octanol–water partition coefficient (Wildman–Crippen LogP) is 3.92. The van der Waals surface area contributed by atoms with Gasteiger partial charge >= 0.3 is 0 Å². The van der Waals surface area contributed by atoms with E-state index in [-0.39, 0.29) is 30.9 Å². The minimum Gasteiger partial charge on any atom is -0.460 e. The molecule has 24 heavy (non-hydrogen) atoms. The van der Waals surface area contributed by atoms with E-state index in [0.29, 0.717) is 13.1 Å². The molecule has 7 heteroatoms. The van der Waals surface area contributed by atoms with Crippen molar-refractivity contribution in [1.82, 2.24) is 10.6 Å². The first-order chi connectivity index (χ1) is 10.6. The first kappa shape index (κ1) is 23.4. The number of nitrogens with one attached hydrogen (secondary N) is 2. The van der Waals surface area contributed by atoms with E-state index in [4.69, 9.17) is 9.52 Å². The Morgan fingerprint density at radius 3 is 2.50 bits per heavy atom. The van der Waals surface area contributed by atoms with Gasteiger partial charge in [-0.2, -0.15) is 0 Å². The third-order valence-corrected chi connectivity index (χ3v) is 4.21. The van der Waals surface area contributed by atoms with E-state index >= 15 is 0 Å². The maximum absolute atomic E-state index is 9.13. The molecule has 1 atom stereocenters. The van der Waals surface area contributed by atoms with Crippen molar-refractivity contribution in [3.05, 3.63) is 46.1 Å². The van der Waals surface area contributed by atoms with Gasteiger partial charge in [-0.3, -0.25) is 0 Å². The number of aliphatic hydroxyl groups excluding tert-OH is 1. The van der Waals surface area contributed by atoms with Gasteiger partial charge < -0.3 is 20.2 Å². The number of halogens is 3. The summed E-state index contributed by atoms with van der Waals surface area (Å²) in [6.07, 6.45) is -0.304. The van der Waals surface area contributed by atoms with E-state index in [1.807, 2.05) is 24.3 Å². The van der Waals surface area contributed by atoms with Gasteiger partial charge in [-0.25, -0.2) is 0 Å². The predicted molar refractivity (Wildman–Crippen MR) is 107 cm³/mol. The van der Waals surface area contributed by atoms with Crippen LogP contribution in [0.25, 0.3) is 11.3 Å². The Kier molecular flexibility index (Phi) is 11.6. The monoisotopic (exact) mass is 438 g/mol. The Balaban J connectivity index is 0.00000264. The van der Waals surface area contributed by atoms with Crippen LogP contribution in [0.2, 0.25) is 0 Å². The molecule has 0 aliphatic heterocycles. The second-order valence-electron chi connectivity index (χ2n) is 5.46. The van der Waals surface area contributed by atoms with Crippen molar-refractivity contribution in [2.75, 3.05) is 19.6 Å². The van der Waals surface area contributed by atoms with E-state index in [9.17, 15) is 0 Å². The molecule has 1 heterocycles. The lowest BCUT2D eigenvalue weighted by atomic mass is 10.1. The van der Waals surface area contributed by atoms with Crippen molar-refractivity contribution in [2.24, 2.45) is 0 Å². The average molecular weight is 440 g/mol. The summed E-state index contributed by atoms with van der Waals surface area (Å²) in [6, 6.07) is 10.2. The maximum atomic E-state index is 9.13. The van der Waals surface area contributed by atoms with E-state index in [1.54, 1.807) is 6.92 Å². The third-order valence-electron chi connectivity index (χ3n) is 3.32. The fourth-order valence-corrected chi connectivity index (χ4v) is 2.37. The smallest absolute Gasteiger partial charge is 0.134 e. The normalized spacial score (nSPS) is 11.5. The molecule has 0 spiro atoms. The van der Waals surface area contributed by atoms with Crippen molar-refractivity contribution in [2.45, 2.75) is 26.5 Å². The number of hydrogen-bond donors (Lipinski definition) is 3. The van der Waals surface area contributed by atoms with Crippen LogP contribution < -0.4 is 10.6 Å². The van der Waals surface area contributed by atoms with Crippen molar-refractivity contribution >= 4 is 40.7 Å². The van der Waals surface area contributed by atoms with Crippen LogP contribution in [0, 0.1) is 6.92 Å². The molecule has 1 aromatic carbocycles. The van der Waals surface area contributed by atoms with E-state index in [2.05, 4.69) is 39.6 Å². The summed E-state index contributed by atoms with van der Waals surface area (Å²) in [5, 5.41) is 15.6. The molecule has 0 saturated carbocycles. The van der Waals surface area contributed by atoms with Gasteiger partial charge in [-0.15, -0.1) is 24.8 Å². The first-order valence-corrected chi connectivity index (χ1v) is 8.30. The van der Waals surface area contributed by atoms with Gasteiger partial charge in [0, 0.05) is 29.7 Å². The second-order valence-corrected chi connectivity index (χ2v) is 6.31. The molecule has 0 bridgehead atoms. The fraction of sp³-hybridized carbons (Fsp3) is 0.412. The third kappa shape index (κ3) is 7.55. The molecule has 0 fully saturated rings. The lowest BCUT2D eigenvalue weighted by molar-refractivity contribution is 0.191. The molecular weight excluding hydrogens is 415 g/mol. The van der Waals surface area contributed by atoms with Gasteiger partial charge in [-0.1, -0.05) is 22.0 Å². The molecule has 2 rings (SSSR count). The van der Waals surface area contributed by atoms with E-state index < -0.39 is 0 Å². The molecule has 0 radical (unpaired) electrons. The van der Waals surface area contributed by atoms with Crippen LogP contribution in [-0.2, 0) is 6.54 Å². The Hall–Kier alpha value is -0.560. The van der Waals surface area contributed by atoms with Crippen molar-refractivity contribution < 1.29 is 9.52 Å². The van der Waals surface area contributed by atoms with Crippen LogP contribution in [-0.4, -0.2) is 30.8 Å². The molecule has 136 valence electrons. The molecule has 0 aliphatic carbocycles. The lowest BCUT2D eigenvalue weighted by Gasteiger charge is -2.07. The van der Waals surface area contributed by atoms with E-state index in [1.165, 1.54) is 5.56 Å². The zero-order valence-electron chi connectivity index (χ0n) is 13.8. The number of furan rings is 1. The van der Waals surface area contributed by atoms with Crippen molar-refractivity contribution in [3.63, 3.8) is 0 Å². The molecule has 3 N–H and O–H groups in total. The molecule has 0 amide bonds. The van der Waals surface area contributed by atoms with Gasteiger partial charge in [0.15, 0.2) is 0 Å². The van der Waals surface area contributed by atoms with Crippen LogP contribution in [0.1, 0.15) is 18.2 Å². The van der Waals surface area contributed by atoms with Gasteiger partial charge in [-0.05, 0) is 43.7 Å². The highest BCUT2D eigenvalue weighted by Gasteiger charge is 2.06. The topological polar surface area (TPSA) is 57.4 Å². The summed E-state index contributed by atoms with van der Waals surface area (Å²) < 4.78 is 6.98. The minimum absolute atomic E-state index is 0. The minimum atomic E-state index is -0.304. The van der Waals surface area contributed by atoms with Crippen LogP contribution in [0.15, 0.2) is 39.2 Å². The highest BCUT2D eigenvalue weighted by atomic mass is 79.9. The Labute approximate surface area is 164 Å². The molecule has 4 nitrogen and oxygen atoms in total.